The number of nitrogens with zero attached hydrogens (tertiary/aromatic N) is 1. The van der Waals surface area contributed by atoms with E-state index in [0.29, 0.717) is 17.1 Å². The van der Waals surface area contributed by atoms with Gasteiger partial charge in [-0.15, -0.1) is 0 Å². The molecule has 4 nitrogen and oxygen atoms in total. The molecule has 0 N–H and O–H groups in total. The van der Waals surface area contributed by atoms with Gasteiger partial charge in [0.15, 0.2) is 17.8 Å². The fourth-order valence-corrected chi connectivity index (χ4v) is 2.29. The Balaban J connectivity index is 2.26. The Hall–Kier alpha value is -1.07. The molecule has 0 radical (unpaired) electrons. The molecule has 0 aliphatic carbocycles. The second-order valence-electron chi connectivity index (χ2n) is 4.11. The van der Waals surface area contributed by atoms with Gasteiger partial charge in [-0.3, -0.25) is 9.69 Å². The van der Waals surface area contributed by atoms with Crippen molar-refractivity contribution in [1.29, 1.82) is 0 Å². The van der Waals surface area contributed by atoms with E-state index in [2.05, 4.69) is 20.8 Å². The zero-order valence-electron chi connectivity index (χ0n) is 9.77. The van der Waals surface area contributed by atoms with Crippen molar-refractivity contribution in [1.82, 2.24) is 4.90 Å². The molecule has 0 unspecified atom stereocenters. The molecule has 1 saturated heterocycles. The maximum atomic E-state index is 11.0. The van der Waals surface area contributed by atoms with Gasteiger partial charge in [-0.05, 0) is 19.2 Å². The molecule has 1 aromatic carbocycles. The molecule has 1 aliphatic rings. The summed E-state index contributed by atoms with van der Waals surface area (Å²) in [6, 6.07) is 3.53. The van der Waals surface area contributed by atoms with E-state index in [1.807, 2.05) is 7.05 Å². The molecule has 0 saturated carbocycles. The number of likely N-dealkylation sites (N-methyl/N-ethyl adjacent to an activating group) is 1. The van der Waals surface area contributed by atoms with E-state index in [1.165, 1.54) is 0 Å². The van der Waals surface area contributed by atoms with Gasteiger partial charge >= 0.3 is 0 Å². The van der Waals surface area contributed by atoms with E-state index < -0.39 is 0 Å². The lowest BCUT2D eigenvalue weighted by atomic mass is 10.1. The molecule has 1 heterocycles. The Morgan fingerprint density at radius 2 is 2.18 bits per heavy atom. The first-order valence-corrected chi connectivity index (χ1v) is 6.11. The van der Waals surface area contributed by atoms with E-state index in [9.17, 15) is 4.79 Å². The van der Waals surface area contributed by atoms with Crippen molar-refractivity contribution in [2.45, 2.75) is 6.10 Å². The average molecular weight is 300 g/mol. The van der Waals surface area contributed by atoms with Crippen LogP contribution in [0.1, 0.15) is 10.4 Å². The minimum atomic E-state index is 0.133. The maximum Gasteiger partial charge on any atom is 0.172 e. The summed E-state index contributed by atoms with van der Waals surface area (Å²) >= 11 is 3.33. The number of hydrogen-bond donors (Lipinski definition) is 0. The fraction of sp³-hybridized carbons (Fsp3) is 0.417. The third-order valence-corrected chi connectivity index (χ3v) is 3.17. The number of likely N-dealkylation sites (tertiary alicyclic amines) is 1. The number of rotatable bonds is 4. The Bertz CT molecular complexity index is 430. The van der Waals surface area contributed by atoms with Crippen molar-refractivity contribution in [3.8, 4) is 11.5 Å². The smallest absolute Gasteiger partial charge is 0.172 e. The lowest BCUT2D eigenvalue weighted by Crippen LogP contribution is -2.51. The fourth-order valence-electron chi connectivity index (χ4n) is 1.84. The molecule has 17 heavy (non-hydrogen) atoms. The summed E-state index contributed by atoms with van der Waals surface area (Å²) in [4.78, 5) is 13.2. The highest BCUT2D eigenvalue weighted by Gasteiger charge is 2.27. The predicted octanol–water partition coefficient (Wildman–Crippen LogP) is 1.96. The van der Waals surface area contributed by atoms with Crippen LogP contribution in [0, 0.1) is 0 Å². The number of hydrogen-bond acceptors (Lipinski definition) is 4. The van der Waals surface area contributed by atoms with Crippen LogP contribution in [0.15, 0.2) is 16.6 Å². The first-order valence-electron chi connectivity index (χ1n) is 5.32. The zero-order valence-corrected chi connectivity index (χ0v) is 11.4. The van der Waals surface area contributed by atoms with Crippen LogP contribution in [0.2, 0.25) is 0 Å². The molecular formula is C12H14BrNO3. The van der Waals surface area contributed by atoms with Gasteiger partial charge in [0.1, 0.15) is 6.10 Å². The van der Waals surface area contributed by atoms with Gasteiger partial charge in [0.25, 0.3) is 0 Å². The summed E-state index contributed by atoms with van der Waals surface area (Å²) in [6.45, 7) is 1.75. The first kappa shape index (κ1) is 12.4. The van der Waals surface area contributed by atoms with E-state index in [0.717, 1.165) is 23.8 Å². The molecule has 0 amide bonds. The van der Waals surface area contributed by atoms with Crippen molar-refractivity contribution >= 4 is 22.2 Å². The van der Waals surface area contributed by atoms with Gasteiger partial charge in [-0.2, -0.15) is 0 Å². The highest BCUT2D eigenvalue weighted by atomic mass is 79.9. The largest absolute Gasteiger partial charge is 0.493 e. The van der Waals surface area contributed by atoms with Crippen molar-refractivity contribution < 1.29 is 14.3 Å². The van der Waals surface area contributed by atoms with E-state index in [4.69, 9.17) is 9.47 Å². The van der Waals surface area contributed by atoms with Crippen molar-refractivity contribution in [3.63, 3.8) is 0 Å². The van der Waals surface area contributed by atoms with E-state index in [-0.39, 0.29) is 6.10 Å². The van der Waals surface area contributed by atoms with Gasteiger partial charge < -0.3 is 9.47 Å². The summed E-state index contributed by atoms with van der Waals surface area (Å²) in [7, 11) is 3.59. The van der Waals surface area contributed by atoms with E-state index in [1.54, 1.807) is 19.2 Å². The lowest BCUT2D eigenvalue weighted by molar-refractivity contribution is 0.0364. The predicted molar refractivity (Wildman–Crippen MR) is 68.0 cm³/mol. The molecule has 1 fully saturated rings. The number of aldehydes is 1. The molecule has 0 bridgehead atoms. The normalized spacial score (nSPS) is 16.4. The minimum absolute atomic E-state index is 0.133. The molecule has 1 aliphatic heterocycles. The Kier molecular flexibility index (Phi) is 3.69. The molecule has 0 spiro atoms. The zero-order chi connectivity index (χ0) is 12.4. The van der Waals surface area contributed by atoms with Crippen LogP contribution in [0.3, 0.4) is 0 Å². The summed E-state index contributed by atoms with van der Waals surface area (Å²) in [5.74, 6) is 1.11. The van der Waals surface area contributed by atoms with Crippen LogP contribution in [-0.4, -0.2) is 44.5 Å². The van der Waals surface area contributed by atoms with Crippen LogP contribution in [0.25, 0.3) is 0 Å². The minimum Gasteiger partial charge on any atom is -0.493 e. The van der Waals surface area contributed by atoms with Crippen LogP contribution in [-0.2, 0) is 0 Å². The third kappa shape index (κ3) is 2.61. The third-order valence-electron chi connectivity index (χ3n) is 2.71. The second kappa shape index (κ2) is 5.06. The number of carbonyl (C=O) groups is 1. The van der Waals surface area contributed by atoms with Gasteiger partial charge in [-0.25, -0.2) is 0 Å². The number of ether oxygens (including phenoxy) is 2. The van der Waals surface area contributed by atoms with Gasteiger partial charge in [0, 0.05) is 17.6 Å². The number of carbonyl (C=O) groups excluding carboxylic acids is 1. The second-order valence-corrected chi connectivity index (χ2v) is 5.02. The van der Waals surface area contributed by atoms with Crippen LogP contribution in [0.4, 0.5) is 0 Å². The molecule has 2 rings (SSSR count). The highest BCUT2D eigenvalue weighted by molar-refractivity contribution is 9.10. The molecule has 0 aromatic heterocycles. The van der Waals surface area contributed by atoms with Crippen LogP contribution >= 0.6 is 15.9 Å². The Morgan fingerprint density at radius 1 is 1.47 bits per heavy atom. The topological polar surface area (TPSA) is 38.8 Å². The van der Waals surface area contributed by atoms with Crippen LogP contribution in [0.5, 0.6) is 11.5 Å². The van der Waals surface area contributed by atoms with Crippen molar-refractivity contribution in [3.05, 3.63) is 22.2 Å². The highest BCUT2D eigenvalue weighted by Crippen LogP contribution is 2.35. The van der Waals surface area contributed by atoms with Gasteiger partial charge in [-0.1, -0.05) is 15.9 Å². The number of halogens is 1. The summed E-state index contributed by atoms with van der Waals surface area (Å²) in [6.07, 6.45) is 0.916. The van der Waals surface area contributed by atoms with Crippen molar-refractivity contribution in [2.75, 3.05) is 27.2 Å². The molecule has 1 aromatic rings. The van der Waals surface area contributed by atoms with Crippen LogP contribution < -0.4 is 9.47 Å². The maximum absolute atomic E-state index is 11.0. The number of methoxy groups -OCH3 is 1. The van der Waals surface area contributed by atoms with Gasteiger partial charge in [0.2, 0.25) is 0 Å². The lowest BCUT2D eigenvalue weighted by Gasteiger charge is -2.36. The summed E-state index contributed by atoms with van der Waals surface area (Å²) in [5, 5.41) is 0. The molecule has 5 heteroatoms. The molecule has 92 valence electrons. The SMILES string of the molecule is COc1cc(Br)cc(C=O)c1OC1CN(C)C1. The molecular weight excluding hydrogens is 286 g/mol. The molecule has 0 atom stereocenters. The van der Waals surface area contributed by atoms with Crippen molar-refractivity contribution in [2.24, 2.45) is 0 Å². The summed E-state index contributed by atoms with van der Waals surface area (Å²) < 4.78 is 11.8. The van der Waals surface area contributed by atoms with E-state index >= 15 is 0 Å². The van der Waals surface area contributed by atoms with Gasteiger partial charge in [0.05, 0.1) is 12.7 Å². The summed E-state index contributed by atoms with van der Waals surface area (Å²) in [5.41, 5.74) is 0.505. The Labute approximate surface area is 109 Å². The first-order chi connectivity index (χ1) is 8.13. The standard InChI is InChI=1S/C12H14BrNO3/c1-14-5-10(6-14)17-12-8(7-15)3-9(13)4-11(12)16-2/h3-4,7,10H,5-6H2,1-2H3. The quantitative estimate of drug-likeness (QED) is 0.797. The average Bonchev–Trinajstić information content (AvgIpc) is 2.28. The number of benzene rings is 1. The monoisotopic (exact) mass is 299 g/mol. The Morgan fingerprint density at radius 3 is 2.71 bits per heavy atom.